The number of hydrogen-bond acceptors (Lipinski definition) is 4. The van der Waals surface area contributed by atoms with Crippen molar-refractivity contribution in [3.63, 3.8) is 0 Å². The van der Waals surface area contributed by atoms with Crippen LogP contribution in [0.15, 0.2) is 56.8 Å². The number of nitrogens with zero attached hydrogens (tertiary/aromatic N) is 1. The first kappa shape index (κ1) is 13.3. The van der Waals surface area contributed by atoms with E-state index in [9.17, 15) is 4.79 Å². The minimum Gasteiger partial charge on any atom is -0.465 e. The molecule has 4 nitrogen and oxygen atoms in total. The molecule has 0 amide bonds. The van der Waals surface area contributed by atoms with Gasteiger partial charge in [-0.1, -0.05) is 0 Å². The Bertz CT molecular complexity index is 675. The lowest BCUT2D eigenvalue weighted by molar-refractivity contribution is -0.114. The highest BCUT2D eigenvalue weighted by molar-refractivity contribution is 6.15. The summed E-state index contributed by atoms with van der Waals surface area (Å²) in [5, 5.41) is 0. The van der Waals surface area contributed by atoms with Crippen molar-refractivity contribution in [1.82, 2.24) is 4.90 Å². The van der Waals surface area contributed by atoms with Crippen molar-refractivity contribution < 1.29 is 13.6 Å². The molecule has 0 aromatic carbocycles. The number of ketones is 1. The molecule has 2 aromatic heterocycles. The maximum absolute atomic E-state index is 12.9. The summed E-state index contributed by atoms with van der Waals surface area (Å²) < 4.78 is 10.8. The first-order chi connectivity index (χ1) is 10.7. The van der Waals surface area contributed by atoms with Gasteiger partial charge in [0.25, 0.3) is 0 Å². The number of likely N-dealkylation sites (N-methyl/N-ethyl adjacent to an activating group) is 1. The molecule has 4 heterocycles. The lowest BCUT2D eigenvalue weighted by Crippen LogP contribution is -2.43. The lowest BCUT2D eigenvalue weighted by Gasteiger charge is -2.34. The molecule has 4 rings (SSSR count). The Morgan fingerprint density at radius 3 is 1.91 bits per heavy atom. The Kier molecular flexibility index (Phi) is 3.12. The third-order valence-electron chi connectivity index (χ3n) is 4.62. The summed E-state index contributed by atoms with van der Waals surface area (Å²) in [7, 11) is 2.08. The summed E-state index contributed by atoms with van der Waals surface area (Å²) >= 11 is 0. The zero-order chi connectivity index (χ0) is 15.1. The molecule has 0 radical (unpaired) electrons. The largest absolute Gasteiger partial charge is 0.465 e. The van der Waals surface area contributed by atoms with E-state index in [1.165, 1.54) is 0 Å². The Balaban J connectivity index is 1.79. The van der Waals surface area contributed by atoms with E-state index in [0.717, 1.165) is 35.5 Å². The lowest BCUT2D eigenvalue weighted by atomic mass is 9.90. The van der Waals surface area contributed by atoms with Crippen LogP contribution in [-0.4, -0.2) is 29.8 Å². The highest BCUT2D eigenvalue weighted by Crippen LogP contribution is 2.40. The van der Waals surface area contributed by atoms with Crippen LogP contribution in [0.3, 0.4) is 0 Å². The quantitative estimate of drug-likeness (QED) is 0.797. The molecular formula is C18H17NO3. The molecule has 2 aliphatic rings. The van der Waals surface area contributed by atoms with Gasteiger partial charge in [-0.05, 0) is 56.3 Å². The number of fused-ring (bicyclic) bond motifs is 2. The van der Waals surface area contributed by atoms with Crippen molar-refractivity contribution in [2.45, 2.75) is 24.9 Å². The molecule has 2 fully saturated rings. The third kappa shape index (κ3) is 2.07. The highest BCUT2D eigenvalue weighted by Gasteiger charge is 2.44. The molecule has 2 atom stereocenters. The Morgan fingerprint density at radius 2 is 1.50 bits per heavy atom. The maximum Gasteiger partial charge on any atom is 0.188 e. The van der Waals surface area contributed by atoms with Gasteiger partial charge in [-0.3, -0.25) is 9.69 Å². The summed E-state index contributed by atoms with van der Waals surface area (Å²) in [5.41, 5.74) is 1.62. The number of carbonyl (C=O) groups excluding carboxylic acids is 1. The number of rotatable bonds is 2. The second-order valence-electron chi connectivity index (χ2n) is 5.83. The molecular weight excluding hydrogens is 278 g/mol. The summed E-state index contributed by atoms with van der Waals surface area (Å²) in [6.07, 6.45) is 8.99. The first-order valence-electron chi connectivity index (χ1n) is 7.51. The van der Waals surface area contributed by atoms with Gasteiger partial charge in [0.1, 0.15) is 11.5 Å². The molecule has 0 aliphatic carbocycles. The number of Topliss-reactive ketones (excluding diaryl/α,β-unsaturated/α-hetero) is 1. The van der Waals surface area contributed by atoms with Gasteiger partial charge in [-0.25, -0.2) is 0 Å². The van der Waals surface area contributed by atoms with Crippen LogP contribution in [0.25, 0.3) is 12.2 Å². The standard InChI is InChI=1S/C18H17NO3/c1-19-16-6-7-17(19)15(11-13-5-3-9-22-13)18(20)14(16)10-12-4-2-8-21-12/h2-5,8-11,16-17H,6-7H2,1H3/b14-10-,15-11+. The van der Waals surface area contributed by atoms with Crippen LogP contribution < -0.4 is 0 Å². The zero-order valence-electron chi connectivity index (χ0n) is 12.4. The maximum atomic E-state index is 12.9. The van der Waals surface area contributed by atoms with Crippen LogP contribution >= 0.6 is 0 Å². The fourth-order valence-electron chi connectivity index (χ4n) is 3.54. The predicted molar refractivity (Wildman–Crippen MR) is 83.0 cm³/mol. The smallest absolute Gasteiger partial charge is 0.188 e. The Morgan fingerprint density at radius 1 is 1.00 bits per heavy atom. The number of carbonyl (C=O) groups is 1. The van der Waals surface area contributed by atoms with Crippen molar-refractivity contribution in [1.29, 1.82) is 0 Å². The molecule has 2 unspecified atom stereocenters. The summed E-state index contributed by atoms with van der Waals surface area (Å²) in [6, 6.07) is 7.77. The molecule has 0 N–H and O–H groups in total. The number of hydrogen-bond donors (Lipinski definition) is 0. The van der Waals surface area contributed by atoms with Crippen molar-refractivity contribution in [2.24, 2.45) is 0 Å². The average Bonchev–Trinajstić information content (AvgIpc) is 3.22. The van der Waals surface area contributed by atoms with Gasteiger partial charge in [0.15, 0.2) is 5.78 Å². The minimum absolute atomic E-state index is 0.110. The first-order valence-corrected chi connectivity index (χ1v) is 7.51. The molecule has 2 bridgehead atoms. The fourth-order valence-corrected chi connectivity index (χ4v) is 3.54. The van der Waals surface area contributed by atoms with Gasteiger partial charge in [0, 0.05) is 23.2 Å². The predicted octanol–water partition coefficient (Wildman–Crippen LogP) is 3.39. The summed E-state index contributed by atoms with van der Waals surface area (Å²) in [5.74, 6) is 1.55. The van der Waals surface area contributed by atoms with E-state index in [1.54, 1.807) is 12.5 Å². The molecule has 2 aliphatic heterocycles. The van der Waals surface area contributed by atoms with E-state index >= 15 is 0 Å². The molecule has 2 saturated heterocycles. The topological polar surface area (TPSA) is 46.6 Å². The Labute approximate surface area is 128 Å². The Hall–Kier alpha value is -2.33. The monoisotopic (exact) mass is 295 g/mol. The molecule has 4 heteroatoms. The normalized spacial score (nSPS) is 28.9. The van der Waals surface area contributed by atoms with Crippen LogP contribution in [0.5, 0.6) is 0 Å². The second kappa shape index (κ2) is 5.14. The fraction of sp³-hybridized carbons (Fsp3) is 0.278. The summed E-state index contributed by atoms with van der Waals surface area (Å²) in [4.78, 5) is 15.2. The van der Waals surface area contributed by atoms with Gasteiger partial charge in [-0.15, -0.1) is 0 Å². The van der Waals surface area contributed by atoms with E-state index in [4.69, 9.17) is 8.83 Å². The van der Waals surface area contributed by atoms with E-state index in [0.29, 0.717) is 0 Å². The molecule has 112 valence electrons. The van der Waals surface area contributed by atoms with E-state index in [1.807, 2.05) is 36.4 Å². The SMILES string of the molecule is CN1C2CCC1/C(=C\c1ccco1)C(=O)/C2=C\c1ccco1. The number of piperidine rings is 1. The van der Waals surface area contributed by atoms with Gasteiger partial charge in [0.05, 0.1) is 12.5 Å². The van der Waals surface area contributed by atoms with Gasteiger partial charge < -0.3 is 8.83 Å². The molecule has 0 spiro atoms. The van der Waals surface area contributed by atoms with E-state index in [2.05, 4.69) is 11.9 Å². The van der Waals surface area contributed by atoms with Crippen LogP contribution in [0.4, 0.5) is 0 Å². The van der Waals surface area contributed by atoms with E-state index < -0.39 is 0 Å². The van der Waals surface area contributed by atoms with Crippen molar-refractivity contribution >= 4 is 17.9 Å². The highest BCUT2D eigenvalue weighted by atomic mass is 16.3. The van der Waals surface area contributed by atoms with Gasteiger partial charge in [0.2, 0.25) is 0 Å². The molecule has 22 heavy (non-hydrogen) atoms. The van der Waals surface area contributed by atoms with Gasteiger partial charge in [-0.2, -0.15) is 0 Å². The van der Waals surface area contributed by atoms with Crippen LogP contribution in [0.2, 0.25) is 0 Å². The zero-order valence-corrected chi connectivity index (χ0v) is 12.4. The summed E-state index contributed by atoms with van der Waals surface area (Å²) in [6.45, 7) is 0. The van der Waals surface area contributed by atoms with Gasteiger partial charge >= 0.3 is 0 Å². The van der Waals surface area contributed by atoms with Crippen LogP contribution in [-0.2, 0) is 4.79 Å². The number of furan rings is 2. The van der Waals surface area contributed by atoms with E-state index in [-0.39, 0.29) is 17.9 Å². The van der Waals surface area contributed by atoms with Crippen LogP contribution in [0, 0.1) is 0 Å². The molecule has 0 saturated carbocycles. The van der Waals surface area contributed by atoms with Crippen LogP contribution in [0.1, 0.15) is 24.4 Å². The van der Waals surface area contributed by atoms with Crippen molar-refractivity contribution in [3.05, 3.63) is 59.5 Å². The third-order valence-corrected chi connectivity index (χ3v) is 4.62. The average molecular weight is 295 g/mol. The molecule has 2 aromatic rings. The van der Waals surface area contributed by atoms with Crippen molar-refractivity contribution in [2.75, 3.05) is 7.05 Å². The van der Waals surface area contributed by atoms with Crippen molar-refractivity contribution in [3.8, 4) is 0 Å². The minimum atomic E-state index is 0.110. The second-order valence-corrected chi connectivity index (χ2v) is 5.83.